The number of hydrogen-bond acceptors (Lipinski definition) is 4. The Bertz CT molecular complexity index is 1650. The summed E-state index contributed by atoms with van der Waals surface area (Å²) in [6.07, 6.45) is 5.36. The second-order valence-electron chi connectivity index (χ2n) is 11.5. The van der Waals surface area contributed by atoms with Gasteiger partial charge in [0.2, 0.25) is 0 Å². The van der Waals surface area contributed by atoms with E-state index < -0.39 is 23.6 Å². The number of amides is 1. The van der Waals surface area contributed by atoms with Crippen LogP contribution in [-0.4, -0.2) is 43.4 Å². The van der Waals surface area contributed by atoms with E-state index in [1.54, 1.807) is 17.9 Å². The van der Waals surface area contributed by atoms with Crippen LogP contribution in [0.15, 0.2) is 48.5 Å². The maximum Gasteiger partial charge on any atom is 0.307 e. The van der Waals surface area contributed by atoms with Crippen LogP contribution in [0.4, 0.5) is 4.39 Å². The number of hydrogen-bond donors (Lipinski definition) is 1. The van der Waals surface area contributed by atoms with Gasteiger partial charge in [0.05, 0.1) is 17.0 Å². The van der Waals surface area contributed by atoms with Crippen LogP contribution >= 0.6 is 0 Å². The van der Waals surface area contributed by atoms with Crippen LogP contribution in [-0.2, 0) is 30.7 Å². The lowest BCUT2D eigenvalue weighted by Crippen LogP contribution is -2.36. The molecule has 1 N–H and O–H groups in total. The molecule has 6 heterocycles. The summed E-state index contributed by atoms with van der Waals surface area (Å²) in [5.41, 5.74) is 7.56. The van der Waals surface area contributed by atoms with Crippen molar-refractivity contribution in [1.29, 1.82) is 0 Å². The molecular formula is C33H35FN4O3. The predicted octanol–water partition coefficient (Wildman–Crippen LogP) is 6.05. The topological polar surface area (TPSA) is 88.3 Å². The summed E-state index contributed by atoms with van der Waals surface area (Å²) in [5, 5.41) is 19.1. The summed E-state index contributed by atoms with van der Waals surface area (Å²) < 4.78 is 17.1. The highest BCUT2D eigenvalue weighted by atomic mass is 19.1. The summed E-state index contributed by atoms with van der Waals surface area (Å²) in [6, 6.07) is 15.1. The maximum atomic E-state index is 15.1. The van der Waals surface area contributed by atoms with Crippen LogP contribution in [0.25, 0.3) is 11.0 Å². The summed E-state index contributed by atoms with van der Waals surface area (Å²) in [6.45, 7) is 5.34. The fraction of sp³-hybridized carbons (Fsp3) is 0.394. The average Bonchev–Trinajstić information content (AvgIpc) is 3.38. The highest BCUT2D eigenvalue weighted by molar-refractivity contribution is 5.94. The lowest BCUT2D eigenvalue weighted by molar-refractivity contribution is -0.141. The third-order valence-corrected chi connectivity index (χ3v) is 8.95. The fourth-order valence-electron chi connectivity index (χ4n) is 6.51. The van der Waals surface area contributed by atoms with Crippen LogP contribution in [0.5, 0.6) is 0 Å². The van der Waals surface area contributed by atoms with Gasteiger partial charge in [0.25, 0.3) is 5.91 Å². The lowest BCUT2D eigenvalue weighted by Gasteiger charge is -2.31. The first-order valence-electron chi connectivity index (χ1n) is 14.6. The quantitative estimate of drug-likeness (QED) is 0.326. The SMILES string of the molecule is Cc1c2ccc3c1nnn3CCCCCCc1ccc(c(F)c1)C(=O)N1CCc3ccc(cc3C1)[C@H]2[C@@H](C)C(=O)O. The van der Waals surface area contributed by atoms with Crippen molar-refractivity contribution < 1.29 is 19.1 Å². The molecule has 1 amide bonds. The van der Waals surface area contributed by atoms with Gasteiger partial charge in [-0.25, -0.2) is 9.07 Å². The molecule has 0 saturated heterocycles. The molecular weight excluding hydrogens is 519 g/mol. The zero-order chi connectivity index (χ0) is 28.7. The number of benzene rings is 3. The largest absolute Gasteiger partial charge is 0.481 e. The van der Waals surface area contributed by atoms with Gasteiger partial charge in [-0.05, 0) is 84.2 Å². The standard InChI is InChI=1S/C33H35FN4O3/c1-20-26-12-13-29-31(20)35-36-38(29)15-6-4-3-5-7-22-8-11-27(28(34)17-22)32(39)37-16-14-23-9-10-24(18-25(23)19-37)30(26)21(2)33(40)41/h8-13,17-18,21,30H,3-7,14-16,19H2,1-2H3,(H,40,41)/t21-,30-/m1/s1. The lowest BCUT2D eigenvalue weighted by atomic mass is 9.78. The molecule has 7 nitrogen and oxygen atoms in total. The van der Waals surface area contributed by atoms with Gasteiger partial charge in [-0.3, -0.25) is 9.59 Å². The summed E-state index contributed by atoms with van der Waals surface area (Å²) in [5.74, 6) is -2.78. The van der Waals surface area contributed by atoms with Gasteiger partial charge < -0.3 is 10.0 Å². The van der Waals surface area contributed by atoms with E-state index in [0.717, 1.165) is 83.1 Å². The van der Waals surface area contributed by atoms with Crippen molar-refractivity contribution in [2.45, 2.75) is 71.4 Å². The van der Waals surface area contributed by atoms with Gasteiger partial charge in [0, 0.05) is 25.6 Å². The molecule has 5 aliphatic heterocycles. The molecule has 0 saturated carbocycles. The maximum absolute atomic E-state index is 15.1. The van der Waals surface area contributed by atoms with E-state index >= 15 is 4.39 Å². The van der Waals surface area contributed by atoms with E-state index in [1.165, 1.54) is 6.07 Å². The molecule has 3 aromatic carbocycles. The minimum atomic E-state index is -0.881. The molecule has 5 aliphatic rings. The molecule has 0 aliphatic carbocycles. The summed E-state index contributed by atoms with van der Waals surface area (Å²) in [7, 11) is 0. The molecule has 9 bridgehead atoms. The smallest absolute Gasteiger partial charge is 0.307 e. The molecule has 1 aromatic heterocycles. The number of carbonyl (C=O) groups excluding carboxylic acids is 1. The summed E-state index contributed by atoms with van der Waals surface area (Å²) >= 11 is 0. The Kier molecular flexibility index (Phi) is 7.32. The molecule has 0 radical (unpaired) electrons. The first kappa shape index (κ1) is 27.1. The van der Waals surface area contributed by atoms with Crippen molar-refractivity contribution >= 4 is 22.9 Å². The van der Waals surface area contributed by atoms with Crippen LogP contribution in [0.1, 0.15) is 82.3 Å². The zero-order valence-electron chi connectivity index (χ0n) is 23.6. The normalized spacial score (nSPS) is 18.6. The fourth-order valence-corrected chi connectivity index (χ4v) is 6.51. The number of aryl methyl sites for hydroxylation is 3. The van der Waals surface area contributed by atoms with Crippen LogP contribution in [0.3, 0.4) is 0 Å². The number of carboxylic acids is 1. The first-order valence-corrected chi connectivity index (χ1v) is 14.6. The molecule has 2 atom stereocenters. The van der Waals surface area contributed by atoms with E-state index in [4.69, 9.17) is 0 Å². The van der Waals surface area contributed by atoms with Crippen molar-refractivity contribution in [3.8, 4) is 0 Å². The molecule has 0 spiro atoms. The number of aliphatic carboxylic acids is 1. The van der Waals surface area contributed by atoms with E-state index in [9.17, 15) is 14.7 Å². The number of carboxylic acid groups (broad SMARTS) is 1. The zero-order valence-corrected chi connectivity index (χ0v) is 23.6. The van der Waals surface area contributed by atoms with Crippen molar-refractivity contribution in [1.82, 2.24) is 19.9 Å². The Labute approximate surface area is 239 Å². The highest BCUT2D eigenvalue weighted by Gasteiger charge is 2.31. The second-order valence-corrected chi connectivity index (χ2v) is 11.5. The molecule has 4 aromatic rings. The van der Waals surface area contributed by atoms with Crippen LogP contribution in [0, 0.1) is 18.7 Å². The third-order valence-electron chi connectivity index (χ3n) is 8.95. The average molecular weight is 555 g/mol. The van der Waals surface area contributed by atoms with Crippen molar-refractivity contribution in [2.75, 3.05) is 6.54 Å². The van der Waals surface area contributed by atoms with Gasteiger partial charge >= 0.3 is 5.97 Å². The van der Waals surface area contributed by atoms with Crippen molar-refractivity contribution in [3.05, 3.63) is 93.3 Å². The van der Waals surface area contributed by atoms with E-state index in [1.807, 2.05) is 48.0 Å². The third kappa shape index (κ3) is 5.11. The minimum Gasteiger partial charge on any atom is -0.481 e. The molecule has 41 heavy (non-hydrogen) atoms. The van der Waals surface area contributed by atoms with Crippen LogP contribution < -0.4 is 0 Å². The number of nitrogens with zero attached hydrogens (tertiary/aromatic N) is 4. The Balaban J connectivity index is 1.45. The number of carbonyl (C=O) groups is 2. The van der Waals surface area contributed by atoms with Gasteiger partial charge in [-0.1, -0.05) is 55.3 Å². The van der Waals surface area contributed by atoms with Crippen molar-refractivity contribution in [3.63, 3.8) is 0 Å². The van der Waals surface area contributed by atoms with Crippen molar-refractivity contribution in [2.24, 2.45) is 5.92 Å². The number of halogens is 1. The number of aromatic nitrogens is 3. The monoisotopic (exact) mass is 554 g/mol. The Morgan fingerprint density at radius 2 is 1.83 bits per heavy atom. The Morgan fingerprint density at radius 3 is 2.63 bits per heavy atom. The predicted molar refractivity (Wildman–Crippen MR) is 154 cm³/mol. The molecule has 212 valence electrons. The Hall–Kier alpha value is -4.07. The van der Waals surface area contributed by atoms with E-state index in [0.29, 0.717) is 19.5 Å². The van der Waals surface area contributed by atoms with Gasteiger partial charge in [-0.15, -0.1) is 5.10 Å². The van der Waals surface area contributed by atoms with E-state index in [2.05, 4.69) is 10.3 Å². The van der Waals surface area contributed by atoms with E-state index in [-0.39, 0.29) is 11.5 Å². The molecule has 0 unspecified atom stereocenters. The van der Waals surface area contributed by atoms with Gasteiger partial charge in [-0.2, -0.15) is 0 Å². The van der Waals surface area contributed by atoms with Gasteiger partial charge in [0.15, 0.2) is 0 Å². The van der Waals surface area contributed by atoms with Gasteiger partial charge in [0.1, 0.15) is 11.3 Å². The highest BCUT2D eigenvalue weighted by Crippen LogP contribution is 2.38. The molecule has 8 heteroatoms. The minimum absolute atomic E-state index is 0.0992. The molecule has 0 fully saturated rings. The van der Waals surface area contributed by atoms with Crippen LogP contribution in [0.2, 0.25) is 0 Å². The number of rotatable bonds is 2. The second kappa shape index (κ2) is 11.1. The summed E-state index contributed by atoms with van der Waals surface area (Å²) in [4.78, 5) is 27.5. The first-order chi connectivity index (χ1) is 19.8. The molecule has 9 rings (SSSR count). The Morgan fingerprint density at radius 1 is 1.00 bits per heavy atom.